The minimum Gasteiger partial charge on any atom is -0.311 e. The van der Waals surface area contributed by atoms with Gasteiger partial charge in [0.15, 0.2) is 0 Å². The summed E-state index contributed by atoms with van der Waals surface area (Å²) in [6.45, 7) is 12.1. The number of hydrogen-bond acceptors (Lipinski definition) is 2. The van der Waals surface area contributed by atoms with Gasteiger partial charge in [0.1, 0.15) is 5.82 Å². The first-order valence-electron chi connectivity index (χ1n) is 8.23. The van der Waals surface area contributed by atoms with Crippen LogP contribution in [0.25, 0.3) is 0 Å². The molecule has 3 heteroatoms. The summed E-state index contributed by atoms with van der Waals surface area (Å²) in [6, 6.07) is 6.37. The average Bonchev–Trinajstić information content (AvgIpc) is 2.46. The van der Waals surface area contributed by atoms with E-state index in [0.717, 1.165) is 31.6 Å². The van der Waals surface area contributed by atoms with Crippen LogP contribution in [-0.4, -0.2) is 36.6 Å². The van der Waals surface area contributed by atoms with Crippen LogP contribution in [0.2, 0.25) is 0 Å². The summed E-state index contributed by atoms with van der Waals surface area (Å²) < 4.78 is 13.2. The Hall–Kier alpha value is -0.930. The Kier molecular flexibility index (Phi) is 5.77. The van der Waals surface area contributed by atoms with Crippen LogP contribution >= 0.6 is 0 Å². The Morgan fingerprint density at radius 3 is 2.76 bits per heavy atom. The molecule has 1 saturated heterocycles. The highest BCUT2D eigenvalue weighted by Gasteiger charge is 2.27. The van der Waals surface area contributed by atoms with Crippen molar-refractivity contribution in [3.8, 4) is 0 Å². The average molecular weight is 292 g/mol. The largest absolute Gasteiger partial charge is 0.311 e. The third-order valence-corrected chi connectivity index (χ3v) is 4.81. The molecule has 2 nitrogen and oxygen atoms in total. The van der Waals surface area contributed by atoms with E-state index in [1.165, 1.54) is 12.0 Å². The highest BCUT2D eigenvalue weighted by Crippen LogP contribution is 2.17. The number of rotatable bonds is 5. The van der Waals surface area contributed by atoms with Crippen molar-refractivity contribution in [1.29, 1.82) is 0 Å². The van der Waals surface area contributed by atoms with Gasteiger partial charge in [0.2, 0.25) is 0 Å². The van der Waals surface area contributed by atoms with Gasteiger partial charge >= 0.3 is 0 Å². The molecule has 0 aliphatic carbocycles. The lowest BCUT2D eigenvalue weighted by atomic mass is 9.97. The van der Waals surface area contributed by atoms with Crippen molar-refractivity contribution in [2.45, 2.75) is 52.6 Å². The Morgan fingerprint density at radius 2 is 2.14 bits per heavy atom. The SMILES string of the molecule is CCC1CNC(C(C)C)CN1CCc1ccc(F)cc1C. The highest BCUT2D eigenvalue weighted by atomic mass is 19.1. The van der Waals surface area contributed by atoms with E-state index in [9.17, 15) is 4.39 Å². The van der Waals surface area contributed by atoms with Gasteiger partial charge in [0.25, 0.3) is 0 Å². The highest BCUT2D eigenvalue weighted by molar-refractivity contribution is 5.26. The molecular formula is C18H29FN2. The summed E-state index contributed by atoms with van der Waals surface area (Å²) in [4.78, 5) is 2.62. The molecule has 0 saturated carbocycles. The van der Waals surface area contributed by atoms with Crippen LogP contribution in [0, 0.1) is 18.7 Å². The third kappa shape index (κ3) is 4.27. The van der Waals surface area contributed by atoms with E-state index in [2.05, 4.69) is 31.0 Å². The van der Waals surface area contributed by atoms with Crippen molar-refractivity contribution in [2.75, 3.05) is 19.6 Å². The van der Waals surface area contributed by atoms with Crippen molar-refractivity contribution in [3.63, 3.8) is 0 Å². The van der Waals surface area contributed by atoms with Crippen molar-refractivity contribution in [1.82, 2.24) is 10.2 Å². The fourth-order valence-electron chi connectivity index (χ4n) is 3.21. The van der Waals surface area contributed by atoms with Crippen LogP contribution in [0.4, 0.5) is 4.39 Å². The maximum absolute atomic E-state index is 13.2. The summed E-state index contributed by atoms with van der Waals surface area (Å²) >= 11 is 0. The monoisotopic (exact) mass is 292 g/mol. The molecule has 0 aromatic heterocycles. The molecule has 1 aromatic carbocycles. The predicted octanol–water partition coefficient (Wildman–Crippen LogP) is 3.39. The molecule has 21 heavy (non-hydrogen) atoms. The maximum atomic E-state index is 13.2. The van der Waals surface area contributed by atoms with E-state index >= 15 is 0 Å². The molecule has 0 radical (unpaired) electrons. The van der Waals surface area contributed by atoms with Gasteiger partial charge in [-0.15, -0.1) is 0 Å². The lowest BCUT2D eigenvalue weighted by Gasteiger charge is -2.41. The van der Waals surface area contributed by atoms with Gasteiger partial charge in [-0.3, -0.25) is 4.90 Å². The molecule has 1 aliphatic rings. The zero-order valence-corrected chi connectivity index (χ0v) is 13.8. The molecule has 118 valence electrons. The van der Waals surface area contributed by atoms with Crippen LogP contribution < -0.4 is 5.32 Å². The molecule has 2 atom stereocenters. The summed E-state index contributed by atoms with van der Waals surface area (Å²) in [5.74, 6) is 0.530. The van der Waals surface area contributed by atoms with Gasteiger partial charge in [-0.1, -0.05) is 26.8 Å². The molecule has 2 rings (SSSR count). The molecule has 0 amide bonds. The van der Waals surface area contributed by atoms with E-state index in [4.69, 9.17) is 0 Å². The zero-order chi connectivity index (χ0) is 15.4. The lowest BCUT2D eigenvalue weighted by Crippen LogP contribution is -2.58. The van der Waals surface area contributed by atoms with E-state index < -0.39 is 0 Å². The molecule has 1 fully saturated rings. The van der Waals surface area contributed by atoms with Crippen LogP contribution in [0.15, 0.2) is 18.2 Å². The Labute approximate surface area is 128 Å². The van der Waals surface area contributed by atoms with Crippen molar-refractivity contribution >= 4 is 0 Å². The number of hydrogen-bond donors (Lipinski definition) is 1. The molecular weight excluding hydrogens is 263 g/mol. The van der Waals surface area contributed by atoms with Gasteiger partial charge in [-0.25, -0.2) is 4.39 Å². The van der Waals surface area contributed by atoms with Gasteiger partial charge in [-0.05, 0) is 48.9 Å². The number of nitrogens with zero attached hydrogens (tertiary/aromatic N) is 1. The Bertz CT molecular complexity index is 459. The second kappa shape index (κ2) is 7.37. The van der Waals surface area contributed by atoms with Crippen molar-refractivity contribution in [3.05, 3.63) is 35.1 Å². The molecule has 0 spiro atoms. The van der Waals surface area contributed by atoms with Crippen LogP contribution in [-0.2, 0) is 6.42 Å². The van der Waals surface area contributed by atoms with Gasteiger partial charge in [-0.2, -0.15) is 0 Å². The van der Waals surface area contributed by atoms with E-state index in [0.29, 0.717) is 18.0 Å². The second-order valence-corrected chi connectivity index (χ2v) is 6.64. The first kappa shape index (κ1) is 16.4. The first-order valence-corrected chi connectivity index (χ1v) is 8.23. The van der Waals surface area contributed by atoms with Crippen LogP contribution in [0.5, 0.6) is 0 Å². The first-order chi connectivity index (χ1) is 10.0. The Balaban J connectivity index is 1.98. The number of benzene rings is 1. The summed E-state index contributed by atoms with van der Waals surface area (Å²) in [7, 11) is 0. The summed E-state index contributed by atoms with van der Waals surface area (Å²) in [5.41, 5.74) is 2.34. The van der Waals surface area contributed by atoms with Gasteiger partial charge in [0.05, 0.1) is 0 Å². The minimum absolute atomic E-state index is 0.135. The zero-order valence-electron chi connectivity index (χ0n) is 13.8. The second-order valence-electron chi connectivity index (χ2n) is 6.64. The quantitative estimate of drug-likeness (QED) is 0.895. The maximum Gasteiger partial charge on any atom is 0.123 e. The summed E-state index contributed by atoms with van der Waals surface area (Å²) in [6.07, 6.45) is 2.19. The van der Waals surface area contributed by atoms with Gasteiger partial charge < -0.3 is 5.32 Å². The van der Waals surface area contributed by atoms with E-state index in [1.54, 1.807) is 12.1 Å². The van der Waals surface area contributed by atoms with E-state index in [-0.39, 0.29) is 5.82 Å². The molecule has 0 bridgehead atoms. The fourth-order valence-corrected chi connectivity index (χ4v) is 3.21. The molecule has 1 N–H and O–H groups in total. The standard InChI is InChI=1S/C18H29FN2/c1-5-17-11-20-18(13(2)3)12-21(17)9-8-15-6-7-16(19)10-14(15)4/h6-7,10,13,17-18,20H,5,8-9,11-12H2,1-4H3. The van der Waals surface area contributed by atoms with Crippen LogP contribution in [0.1, 0.15) is 38.3 Å². The molecule has 1 heterocycles. The number of piperazine rings is 1. The molecule has 2 unspecified atom stereocenters. The lowest BCUT2D eigenvalue weighted by molar-refractivity contribution is 0.112. The minimum atomic E-state index is -0.135. The normalized spacial score (nSPS) is 23.7. The predicted molar refractivity (Wildman–Crippen MR) is 87.1 cm³/mol. The van der Waals surface area contributed by atoms with Gasteiger partial charge in [0, 0.05) is 31.7 Å². The van der Waals surface area contributed by atoms with Crippen molar-refractivity contribution in [2.24, 2.45) is 5.92 Å². The Morgan fingerprint density at radius 1 is 1.38 bits per heavy atom. The summed E-state index contributed by atoms with van der Waals surface area (Å²) in [5, 5.41) is 3.68. The number of aryl methyl sites for hydroxylation is 1. The smallest absolute Gasteiger partial charge is 0.123 e. The van der Waals surface area contributed by atoms with E-state index in [1.807, 2.05) is 13.0 Å². The third-order valence-electron chi connectivity index (χ3n) is 4.81. The molecule has 1 aliphatic heterocycles. The topological polar surface area (TPSA) is 15.3 Å². The number of nitrogens with one attached hydrogen (secondary N) is 1. The number of halogens is 1. The van der Waals surface area contributed by atoms with Crippen LogP contribution in [0.3, 0.4) is 0 Å². The fraction of sp³-hybridized carbons (Fsp3) is 0.667. The molecule has 1 aromatic rings. The van der Waals surface area contributed by atoms with Crippen molar-refractivity contribution < 1.29 is 4.39 Å².